The van der Waals surface area contributed by atoms with Gasteiger partial charge in [-0.05, 0) is 36.4 Å². The number of nitrogens with zero attached hydrogens (tertiary/aromatic N) is 1. The molecule has 3 nitrogen and oxygen atoms in total. The molecule has 0 unspecified atom stereocenters. The Labute approximate surface area is 118 Å². The normalized spacial score (nSPS) is 10.2. The second-order valence-electron chi connectivity index (χ2n) is 4.29. The molecular formula is C15H17ClN2O. The van der Waals surface area contributed by atoms with E-state index in [4.69, 9.17) is 22.1 Å². The highest BCUT2D eigenvalue weighted by molar-refractivity contribution is 6.32. The molecule has 0 radical (unpaired) electrons. The van der Waals surface area contributed by atoms with Crippen LogP contribution in [0.1, 0.15) is 0 Å². The van der Waals surface area contributed by atoms with Crippen molar-refractivity contribution in [1.29, 1.82) is 0 Å². The average Bonchev–Trinajstić information content (AvgIpc) is 2.41. The maximum atomic E-state index is 6.02. The van der Waals surface area contributed by atoms with E-state index in [1.54, 1.807) is 0 Å². The standard InChI is InChI=1S/C15H17ClN2O/c1-18(13-8-6-12(17)7-9-13)10-11-19-15-5-3-2-4-14(15)16/h2-9H,10-11,17H2,1H3. The Balaban J connectivity index is 1.86. The summed E-state index contributed by atoms with van der Waals surface area (Å²) in [4.78, 5) is 2.11. The van der Waals surface area contributed by atoms with Crippen molar-refractivity contribution in [2.45, 2.75) is 0 Å². The highest BCUT2D eigenvalue weighted by Crippen LogP contribution is 2.23. The van der Waals surface area contributed by atoms with Gasteiger partial charge in [0.2, 0.25) is 0 Å². The highest BCUT2D eigenvalue weighted by atomic mass is 35.5. The van der Waals surface area contributed by atoms with Crippen LogP contribution in [0.2, 0.25) is 5.02 Å². The second kappa shape index (κ2) is 6.34. The minimum atomic E-state index is 0.574. The Bertz CT molecular complexity index is 528. The predicted molar refractivity (Wildman–Crippen MR) is 81.1 cm³/mol. The number of benzene rings is 2. The fraction of sp³-hybridized carbons (Fsp3) is 0.200. The first-order chi connectivity index (χ1) is 9.16. The largest absolute Gasteiger partial charge is 0.490 e. The zero-order chi connectivity index (χ0) is 13.7. The number of halogens is 1. The molecule has 0 bridgehead atoms. The molecule has 0 aromatic heterocycles. The van der Waals surface area contributed by atoms with E-state index in [0.717, 1.165) is 23.7 Å². The van der Waals surface area contributed by atoms with E-state index < -0.39 is 0 Å². The zero-order valence-corrected chi connectivity index (χ0v) is 11.6. The number of ether oxygens (including phenoxy) is 1. The molecule has 0 aliphatic rings. The van der Waals surface area contributed by atoms with Gasteiger partial charge in [0.1, 0.15) is 12.4 Å². The molecule has 0 amide bonds. The van der Waals surface area contributed by atoms with Gasteiger partial charge in [-0.2, -0.15) is 0 Å². The third-order valence-corrected chi connectivity index (χ3v) is 3.17. The lowest BCUT2D eigenvalue weighted by Gasteiger charge is -2.19. The molecule has 0 saturated carbocycles. The van der Waals surface area contributed by atoms with Crippen LogP contribution < -0.4 is 15.4 Å². The molecule has 100 valence electrons. The lowest BCUT2D eigenvalue weighted by molar-refractivity contribution is 0.326. The molecule has 0 fully saturated rings. The van der Waals surface area contributed by atoms with E-state index in [-0.39, 0.29) is 0 Å². The topological polar surface area (TPSA) is 38.5 Å². The molecule has 0 atom stereocenters. The molecule has 2 rings (SSSR count). The quantitative estimate of drug-likeness (QED) is 0.850. The van der Waals surface area contributed by atoms with Gasteiger partial charge in [0, 0.05) is 18.4 Å². The first kappa shape index (κ1) is 13.6. The molecule has 0 heterocycles. The SMILES string of the molecule is CN(CCOc1ccccc1Cl)c1ccc(N)cc1. The molecule has 0 aliphatic heterocycles. The number of para-hydroxylation sites is 1. The van der Waals surface area contributed by atoms with Crippen molar-refractivity contribution in [2.75, 3.05) is 30.8 Å². The summed E-state index contributed by atoms with van der Waals surface area (Å²) in [5.74, 6) is 0.717. The Hall–Kier alpha value is -1.87. The van der Waals surface area contributed by atoms with Gasteiger partial charge in [0.15, 0.2) is 0 Å². The summed E-state index contributed by atoms with van der Waals surface area (Å²) >= 11 is 6.02. The molecule has 2 aromatic carbocycles. The van der Waals surface area contributed by atoms with Gasteiger partial charge >= 0.3 is 0 Å². The monoisotopic (exact) mass is 276 g/mol. The smallest absolute Gasteiger partial charge is 0.137 e. The number of hydrogen-bond acceptors (Lipinski definition) is 3. The third kappa shape index (κ3) is 3.80. The van der Waals surface area contributed by atoms with Crippen LogP contribution in [0.5, 0.6) is 5.75 Å². The van der Waals surface area contributed by atoms with Gasteiger partial charge in [-0.1, -0.05) is 23.7 Å². The Morgan fingerprint density at radius 2 is 1.79 bits per heavy atom. The molecule has 0 saturated heterocycles. The fourth-order valence-corrected chi connectivity index (χ4v) is 1.90. The van der Waals surface area contributed by atoms with Crippen molar-refractivity contribution < 1.29 is 4.74 Å². The van der Waals surface area contributed by atoms with Crippen LogP contribution in [0.15, 0.2) is 48.5 Å². The maximum Gasteiger partial charge on any atom is 0.137 e. The van der Waals surface area contributed by atoms with Crippen LogP contribution >= 0.6 is 11.6 Å². The molecule has 2 aromatic rings. The fourth-order valence-electron chi connectivity index (χ4n) is 1.71. The van der Waals surface area contributed by atoms with E-state index in [2.05, 4.69) is 4.90 Å². The first-order valence-electron chi connectivity index (χ1n) is 6.11. The minimum Gasteiger partial charge on any atom is -0.490 e. The van der Waals surface area contributed by atoms with E-state index in [0.29, 0.717) is 11.6 Å². The summed E-state index contributed by atoms with van der Waals surface area (Å²) < 4.78 is 5.65. The third-order valence-electron chi connectivity index (χ3n) is 2.85. The second-order valence-corrected chi connectivity index (χ2v) is 4.70. The Morgan fingerprint density at radius 3 is 2.47 bits per heavy atom. The van der Waals surface area contributed by atoms with Crippen molar-refractivity contribution in [2.24, 2.45) is 0 Å². The van der Waals surface area contributed by atoms with Gasteiger partial charge < -0.3 is 15.4 Å². The van der Waals surface area contributed by atoms with E-state index >= 15 is 0 Å². The Morgan fingerprint density at radius 1 is 1.11 bits per heavy atom. The lowest BCUT2D eigenvalue weighted by atomic mass is 10.2. The van der Waals surface area contributed by atoms with Crippen LogP contribution in [0.25, 0.3) is 0 Å². The summed E-state index contributed by atoms with van der Waals surface area (Å²) in [5, 5.41) is 0.637. The molecule has 2 N–H and O–H groups in total. The number of nitrogens with two attached hydrogens (primary N) is 1. The van der Waals surface area contributed by atoms with Gasteiger partial charge in [-0.25, -0.2) is 0 Å². The molecule has 19 heavy (non-hydrogen) atoms. The van der Waals surface area contributed by atoms with Crippen LogP contribution in [0, 0.1) is 0 Å². The average molecular weight is 277 g/mol. The van der Waals surface area contributed by atoms with Crippen molar-refractivity contribution >= 4 is 23.0 Å². The van der Waals surface area contributed by atoms with Gasteiger partial charge in [0.05, 0.1) is 11.6 Å². The first-order valence-corrected chi connectivity index (χ1v) is 6.48. The van der Waals surface area contributed by atoms with E-state index in [9.17, 15) is 0 Å². The van der Waals surface area contributed by atoms with Crippen molar-refractivity contribution in [1.82, 2.24) is 0 Å². The number of anilines is 2. The summed E-state index contributed by atoms with van der Waals surface area (Å²) in [6.07, 6.45) is 0. The summed E-state index contributed by atoms with van der Waals surface area (Å²) in [5.41, 5.74) is 7.54. The van der Waals surface area contributed by atoms with E-state index in [1.807, 2.05) is 55.6 Å². The molecular weight excluding hydrogens is 260 g/mol. The Kier molecular flexibility index (Phi) is 4.53. The van der Waals surface area contributed by atoms with Crippen LogP contribution in [-0.2, 0) is 0 Å². The van der Waals surface area contributed by atoms with Crippen LogP contribution in [0.3, 0.4) is 0 Å². The zero-order valence-electron chi connectivity index (χ0n) is 10.8. The summed E-state index contributed by atoms with van der Waals surface area (Å²) in [7, 11) is 2.02. The summed E-state index contributed by atoms with van der Waals surface area (Å²) in [6, 6.07) is 15.2. The van der Waals surface area contributed by atoms with Crippen molar-refractivity contribution in [3.8, 4) is 5.75 Å². The van der Waals surface area contributed by atoms with Crippen molar-refractivity contribution in [3.05, 3.63) is 53.6 Å². The number of nitrogen functional groups attached to an aromatic ring is 1. The van der Waals surface area contributed by atoms with Crippen LogP contribution in [0.4, 0.5) is 11.4 Å². The summed E-state index contributed by atoms with van der Waals surface area (Å²) in [6.45, 7) is 1.35. The number of likely N-dealkylation sites (N-methyl/N-ethyl adjacent to an activating group) is 1. The predicted octanol–water partition coefficient (Wildman–Crippen LogP) is 3.44. The van der Waals surface area contributed by atoms with Gasteiger partial charge in [-0.3, -0.25) is 0 Å². The molecule has 4 heteroatoms. The van der Waals surface area contributed by atoms with Gasteiger partial charge in [-0.15, -0.1) is 0 Å². The molecule has 0 aliphatic carbocycles. The minimum absolute atomic E-state index is 0.574. The highest BCUT2D eigenvalue weighted by Gasteiger charge is 2.03. The van der Waals surface area contributed by atoms with Crippen molar-refractivity contribution in [3.63, 3.8) is 0 Å². The maximum absolute atomic E-state index is 6.02. The number of hydrogen-bond donors (Lipinski definition) is 1. The number of rotatable bonds is 5. The van der Waals surface area contributed by atoms with Crippen LogP contribution in [-0.4, -0.2) is 20.2 Å². The van der Waals surface area contributed by atoms with Gasteiger partial charge in [0.25, 0.3) is 0 Å². The van der Waals surface area contributed by atoms with E-state index in [1.165, 1.54) is 0 Å². The molecule has 0 spiro atoms. The lowest BCUT2D eigenvalue weighted by Crippen LogP contribution is -2.23.